The maximum Gasteiger partial charge on any atom is 0.120 e. The van der Waals surface area contributed by atoms with Gasteiger partial charge in [0.25, 0.3) is 0 Å². The van der Waals surface area contributed by atoms with Crippen LogP contribution in [0.2, 0.25) is 0 Å². The monoisotopic (exact) mass is 211 g/mol. The van der Waals surface area contributed by atoms with E-state index in [1.54, 1.807) is 6.26 Å². The third-order valence-electron chi connectivity index (χ3n) is 2.62. The smallest absolute Gasteiger partial charge is 0.120 e. The second-order valence-electron chi connectivity index (χ2n) is 3.82. The lowest BCUT2D eigenvalue weighted by Crippen LogP contribution is -2.35. The third-order valence-corrected chi connectivity index (χ3v) is 3.83. The van der Waals surface area contributed by atoms with Crippen molar-refractivity contribution in [2.75, 3.05) is 11.5 Å². The quantitative estimate of drug-likeness (QED) is 0.832. The number of hydrogen-bond acceptors (Lipinski definition) is 3. The van der Waals surface area contributed by atoms with Gasteiger partial charge in [-0.3, -0.25) is 0 Å². The lowest BCUT2D eigenvalue weighted by atomic mass is 10.1. The molecule has 78 valence electrons. The van der Waals surface area contributed by atoms with E-state index in [2.05, 4.69) is 12.2 Å². The summed E-state index contributed by atoms with van der Waals surface area (Å²) in [6.07, 6.45) is 4.38. The van der Waals surface area contributed by atoms with E-state index in [9.17, 15) is 0 Å². The van der Waals surface area contributed by atoms with Crippen LogP contribution in [0.25, 0.3) is 0 Å². The van der Waals surface area contributed by atoms with Crippen LogP contribution in [0.5, 0.6) is 0 Å². The predicted molar refractivity (Wildman–Crippen MR) is 60.6 cm³/mol. The van der Waals surface area contributed by atoms with Crippen LogP contribution in [-0.2, 0) is 0 Å². The van der Waals surface area contributed by atoms with Gasteiger partial charge < -0.3 is 9.73 Å². The molecule has 2 nitrogen and oxygen atoms in total. The summed E-state index contributed by atoms with van der Waals surface area (Å²) in [4.78, 5) is 0. The van der Waals surface area contributed by atoms with E-state index in [4.69, 9.17) is 4.42 Å². The van der Waals surface area contributed by atoms with Gasteiger partial charge in [-0.05, 0) is 37.7 Å². The number of hydrogen-bond donors (Lipinski definition) is 1. The molecule has 1 saturated heterocycles. The first-order valence-electron chi connectivity index (χ1n) is 5.23. The first-order valence-corrected chi connectivity index (χ1v) is 6.39. The molecule has 1 N–H and O–H groups in total. The molecule has 2 atom stereocenters. The van der Waals surface area contributed by atoms with E-state index in [1.807, 2.05) is 23.9 Å². The fourth-order valence-corrected chi connectivity index (χ4v) is 2.93. The molecule has 0 bridgehead atoms. The zero-order valence-electron chi connectivity index (χ0n) is 8.53. The molecule has 0 spiro atoms. The van der Waals surface area contributed by atoms with Crippen molar-refractivity contribution in [1.29, 1.82) is 0 Å². The number of thioether (sulfide) groups is 1. The largest absolute Gasteiger partial charge is 0.468 e. The Morgan fingerprint density at radius 3 is 3.21 bits per heavy atom. The SMILES string of the molecule is CC(NC1CCCSC1)c1ccco1. The molecular formula is C11H17NOS. The molecule has 14 heavy (non-hydrogen) atoms. The molecule has 0 saturated carbocycles. The molecule has 2 unspecified atom stereocenters. The van der Waals surface area contributed by atoms with Gasteiger partial charge in [-0.1, -0.05) is 0 Å². The maximum absolute atomic E-state index is 5.37. The minimum absolute atomic E-state index is 0.341. The summed E-state index contributed by atoms with van der Waals surface area (Å²) in [5, 5.41) is 3.61. The van der Waals surface area contributed by atoms with Gasteiger partial charge in [-0.25, -0.2) is 0 Å². The fraction of sp³-hybridized carbons (Fsp3) is 0.636. The molecule has 0 radical (unpaired) electrons. The Kier molecular flexibility index (Phi) is 3.54. The predicted octanol–water partition coefficient (Wildman–Crippen LogP) is 2.83. The van der Waals surface area contributed by atoms with Crippen LogP contribution in [0.4, 0.5) is 0 Å². The van der Waals surface area contributed by atoms with Crippen LogP contribution in [0.3, 0.4) is 0 Å². The molecule has 2 heterocycles. The Labute approximate surface area is 89.4 Å². The normalized spacial score (nSPS) is 24.8. The van der Waals surface area contributed by atoms with Crippen molar-refractivity contribution in [3.05, 3.63) is 24.2 Å². The highest BCUT2D eigenvalue weighted by Gasteiger charge is 2.17. The van der Waals surface area contributed by atoms with Gasteiger partial charge in [0.05, 0.1) is 12.3 Å². The van der Waals surface area contributed by atoms with Crippen molar-refractivity contribution in [2.24, 2.45) is 0 Å². The highest BCUT2D eigenvalue weighted by atomic mass is 32.2. The highest BCUT2D eigenvalue weighted by molar-refractivity contribution is 7.99. The van der Waals surface area contributed by atoms with Gasteiger partial charge in [0.1, 0.15) is 5.76 Å². The summed E-state index contributed by atoms with van der Waals surface area (Å²) in [6.45, 7) is 2.16. The zero-order chi connectivity index (χ0) is 9.80. The summed E-state index contributed by atoms with van der Waals surface area (Å²) < 4.78 is 5.37. The van der Waals surface area contributed by atoms with Crippen molar-refractivity contribution in [3.63, 3.8) is 0 Å². The second-order valence-corrected chi connectivity index (χ2v) is 4.97. The summed E-state index contributed by atoms with van der Waals surface area (Å²) in [5.74, 6) is 3.61. The molecule has 0 aliphatic carbocycles. The number of nitrogens with one attached hydrogen (secondary N) is 1. The zero-order valence-corrected chi connectivity index (χ0v) is 9.35. The van der Waals surface area contributed by atoms with E-state index >= 15 is 0 Å². The van der Waals surface area contributed by atoms with Crippen LogP contribution in [0.15, 0.2) is 22.8 Å². The Balaban J connectivity index is 1.84. The topological polar surface area (TPSA) is 25.2 Å². The summed E-state index contributed by atoms with van der Waals surface area (Å²) in [7, 11) is 0. The third kappa shape index (κ3) is 2.55. The van der Waals surface area contributed by atoms with Gasteiger partial charge in [-0.2, -0.15) is 11.8 Å². The fourth-order valence-electron chi connectivity index (χ4n) is 1.85. The van der Waals surface area contributed by atoms with Crippen molar-refractivity contribution in [2.45, 2.75) is 31.8 Å². The Morgan fingerprint density at radius 1 is 1.64 bits per heavy atom. The molecule has 2 rings (SSSR count). The summed E-state index contributed by atoms with van der Waals surface area (Å²) >= 11 is 2.05. The van der Waals surface area contributed by atoms with Crippen LogP contribution in [0.1, 0.15) is 31.6 Å². The van der Waals surface area contributed by atoms with E-state index in [0.717, 1.165) is 5.76 Å². The van der Waals surface area contributed by atoms with E-state index in [0.29, 0.717) is 12.1 Å². The van der Waals surface area contributed by atoms with Crippen LogP contribution in [0, 0.1) is 0 Å². The van der Waals surface area contributed by atoms with Crippen LogP contribution < -0.4 is 5.32 Å². The first-order chi connectivity index (χ1) is 6.86. The molecule has 0 aromatic carbocycles. The average molecular weight is 211 g/mol. The molecule has 1 aliphatic rings. The van der Waals surface area contributed by atoms with Crippen molar-refractivity contribution < 1.29 is 4.42 Å². The Morgan fingerprint density at radius 2 is 2.57 bits per heavy atom. The molecule has 1 aromatic heterocycles. The van der Waals surface area contributed by atoms with Crippen LogP contribution >= 0.6 is 11.8 Å². The number of furan rings is 1. The number of rotatable bonds is 3. The highest BCUT2D eigenvalue weighted by Crippen LogP contribution is 2.20. The van der Waals surface area contributed by atoms with E-state index in [-0.39, 0.29) is 0 Å². The van der Waals surface area contributed by atoms with Gasteiger partial charge in [-0.15, -0.1) is 0 Å². The summed E-state index contributed by atoms with van der Waals surface area (Å²) in [6, 6.07) is 4.99. The first kappa shape index (κ1) is 10.1. The van der Waals surface area contributed by atoms with Gasteiger partial charge in [0.15, 0.2) is 0 Å². The second kappa shape index (κ2) is 4.89. The lowest BCUT2D eigenvalue weighted by Gasteiger charge is -2.25. The Bertz CT molecular complexity index is 254. The minimum atomic E-state index is 0.341. The average Bonchev–Trinajstić information content (AvgIpc) is 2.72. The maximum atomic E-state index is 5.37. The van der Waals surface area contributed by atoms with Gasteiger partial charge in [0, 0.05) is 11.8 Å². The molecule has 3 heteroatoms. The van der Waals surface area contributed by atoms with Crippen molar-refractivity contribution in [3.8, 4) is 0 Å². The van der Waals surface area contributed by atoms with Crippen molar-refractivity contribution in [1.82, 2.24) is 5.32 Å². The lowest BCUT2D eigenvalue weighted by molar-refractivity contribution is 0.387. The van der Waals surface area contributed by atoms with Gasteiger partial charge in [0.2, 0.25) is 0 Å². The molecule has 1 fully saturated rings. The molecule has 1 aromatic rings. The van der Waals surface area contributed by atoms with E-state index < -0.39 is 0 Å². The molecule has 0 amide bonds. The molecule has 1 aliphatic heterocycles. The molecular weight excluding hydrogens is 194 g/mol. The summed E-state index contributed by atoms with van der Waals surface area (Å²) in [5.41, 5.74) is 0. The van der Waals surface area contributed by atoms with E-state index in [1.165, 1.54) is 24.3 Å². The van der Waals surface area contributed by atoms with Crippen molar-refractivity contribution >= 4 is 11.8 Å². The minimum Gasteiger partial charge on any atom is -0.468 e. The standard InChI is InChI=1S/C11H17NOS/c1-9(11-5-2-6-13-11)12-10-4-3-7-14-8-10/h2,5-6,9-10,12H,3-4,7-8H2,1H3. The Hall–Kier alpha value is -0.410. The van der Waals surface area contributed by atoms with Crippen LogP contribution in [-0.4, -0.2) is 17.5 Å². The van der Waals surface area contributed by atoms with Gasteiger partial charge >= 0.3 is 0 Å².